The van der Waals surface area contributed by atoms with Gasteiger partial charge < -0.3 is 10.5 Å². The Balaban J connectivity index is 1.72. The molecule has 2 atom stereocenters. The van der Waals surface area contributed by atoms with Gasteiger partial charge in [0.2, 0.25) is 5.91 Å². The summed E-state index contributed by atoms with van der Waals surface area (Å²) in [6.07, 6.45) is -4.50. The van der Waals surface area contributed by atoms with Crippen LogP contribution in [0.2, 0.25) is 0 Å². The summed E-state index contributed by atoms with van der Waals surface area (Å²) in [6.45, 7) is 0. The van der Waals surface area contributed by atoms with Crippen LogP contribution < -0.4 is 5.73 Å². The van der Waals surface area contributed by atoms with Crippen molar-refractivity contribution in [3.8, 4) is 0 Å². The SMILES string of the molecule is NC1C(=O)N2C(C(=O)OC(c3ccccc3)c3ccccc3)=C(C=CC(F)(F)F)CS[C@@H]12. The third-order valence-corrected chi connectivity index (χ3v) is 6.46. The molecule has 0 aromatic heterocycles. The van der Waals surface area contributed by atoms with Crippen LogP contribution >= 0.6 is 11.8 Å². The molecule has 2 aromatic carbocycles. The number of benzene rings is 2. The Labute approximate surface area is 186 Å². The van der Waals surface area contributed by atoms with E-state index in [2.05, 4.69) is 0 Å². The third kappa shape index (κ3) is 4.44. The molecule has 0 aliphatic carbocycles. The number of nitrogens with two attached hydrogens (primary N) is 1. The van der Waals surface area contributed by atoms with Crippen LogP contribution in [0.1, 0.15) is 17.2 Å². The normalized spacial score (nSPS) is 21.0. The number of amides is 1. The molecule has 32 heavy (non-hydrogen) atoms. The largest absolute Gasteiger partial charge is 0.448 e. The number of esters is 1. The molecule has 1 saturated heterocycles. The molecule has 9 heteroatoms. The lowest BCUT2D eigenvalue weighted by molar-refractivity contribution is -0.153. The molecular weight excluding hydrogens is 441 g/mol. The second kappa shape index (κ2) is 8.84. The quantitative estimate of drug-likeness (QED) is 0.541. The minimum Gasteiger partial charge on any atom is -0.448 e. The molecule has 0 radical (unpaired) electrons. The lowest BCUT2D eigenvalue weighted by Gasteiger charge is -2.48. The number of carbonyl (C=O) groups excluding carboxylic acids is 2. The summed E-state index contributed by atoms with van der Waals surface area (Å²) in [5, 5.41) is -0.514. The number of hydrogen-bond acceptors (Lipinski definition) is 5. The molecule has 2 aromatic rings. The van der Waals surface area contributed by atoms with Crippen molar-refractivity contribution in [1.29, 1.82) is 0 Å². The van der Waals surface area contributed by atoms with E-state index in [1.54, 1.807) is 48.5 Å². The summed E-state index contributed by atoms with van der Waals surface area (Å²) < 4.78 is 44.2. The summed E-state index contributed by atoms with van der Waals surface area (Å²) in [4.78, 5) is 26.8. The molecule has 1 unspecified atom stereocenters. The van der Waals surface area contributed by atoms with Gasteiger partial charge in [-0.2, -0.15) is 13.2 Å². The number of nitrogens with zero attached hydrogens (tertiary/aromatic N) is 1. The summed E-state index contributed by atoms with van der Waals surface area (Å²) in [5.41, 5.74) is 7.07. The van der Waals surface area contributed by atoms with E-state index in [9.17, 15) is 22.8 Å². The van der Waals surface area contributed by atoms with Crippen LogP contribution in [0.4, 0.5) is 13.2 Å². The van der Waals surface area contributed by atoms with Crippen molar-refractivity contribution in [2.45, 2.75) is 23.7 Å². The predicted molar refractivity (Wildman–Crippen MR) is 114 cm³/mol. The fraction of sp³-hybridized carbons (Fsp3) is 0.217. The van der Waals surface area contributed by atoms with Gasteiger partial charge in [-0.05, 0) is 16.7 Å². The zero-order valence-electron chi connectivity index (χ0n) is 16.7. The molecule has 2 heterocycles. The highest BCUT2D eigenvalue weighted by molar-refractivity contribution is 8.00. The van der Waals surface area contributed by atoms with E-state index in [0.717, 1.165) is 11.0 Å². The van der Waals surface area contributed by atoms with Crippen molar-refractivity contribution >= 4 is 23.6 Å². The Bertz CT molecular complexity index is 1030. The Morgan fingerprint density at radius 2 is 1.66 bits per heavy atom. The highest BCUT2D eigenvalue weighted by Crippen LogP contribution is 2.41. The lowest BCUT2D eigenvalue weighted by Crippen LogP contribution is -2.68. The number of alkyl halides is 3. The van der Waals surface area contributed by atoms with Crippen LogP contribution in [-0.2, 0) is 14.3 Å². The molecule has 0 saturated carbocycles. The Hall–Kier alpha value is -3.04. The van der Waals surface area contributed by atoms with E-state index in [4.69, 9.17) is 10.5 Å². The first-order valence-corrected chi connectivity index (χ1v) is 10.8. The molecule has 5 nitrogen and oxygen atoms in total. The first kappa shape index (κ1) is 22.2. The standard InChI is InChI=1S/C23H19F3N2O3S/c24-23(25,26)12-11-16-13-32-21-17(27)20(29)28(21)18(16)22(30)31-19(14-7-3-1-4-8-14)15-9-5-2-6-10-15/h1-12,17,19,21H,13,27H2/t17?,21-/m0/s1. The van der Waals surface area contributed by atoms with Crippen LogP contribution in [-0.4, -0.2) is 40.1 Å². The summed E-state index contributed by atoms with van der Waals surface area (Å²) in [7, 11) is 0. The van der Waals surface area contributed by atoms with Crippen molar-refractivity contribution in [3.63, 3.8) is 0 Å². The summed E-state index contributed by atoms with van der Waals surface area (Å²) in [5.74, 6) is -1.31. The summed E-state index contributed by atoms with van der Waals surface area (Å²) >= 11 is 1.21. The van der Waals surface area contributed by atoms with Crippen molar-refractivity contribution in [3.05, 3.63) is 95.2 Å². The number of β-lactam (4-membered cyclic amide) rings is 1. The predicted octanol–water partition coefficient (Wildman–Crippen LogP) is 3.93. The van der Waals surface area contributed by atoms with E-state index in [1.165, 1.54) is 11.8 Å². The molecule has 2 aliphatic heterocycles. The number of fused-ring (bicyclic) bond motifs is 1. The number of halogens is 3. The minimum absolute atomic E-state index is 0.0482. The number of thioether (sulfide) groups is 1. The van der Waals surface area contributed by atoms with Crippen LogP contribution in [0.25, 0.3) is 0 Å². The maximum atomic E-state index is 13.3. The monoisotopic (exact) mass is 460 g/mol. The highest BCUT2D eigenvalue weighted by atomic mass is 32.2. The number of carbonyl (C=O) groups is 2. The van der Waals surface area contributed by atoms with Crippen LogP contribution in [0.5, 0.6) is 0 Å². The van der Waals surface area contributed by atoms with Crippen LogP contribution in [0.15, 0.2) is 84.1 Å². The topological polar surface area (TPSA) is 72.6 Å². The Kier molecular flexibility index (Phi) is 6.12. The average molecular weight is 460 g/mol. The second-order valence-electron chi connectivity index (χ2n) is 7.29. The molecule has 4 rings (SSSR count). The zero-order valence-corrected chi connectivity index (χ0v) is 17.5. The van der Waals surface area contributed by atoms with Gasteiger partial charge in [-0.3, -0.25) is 9.69 Å². The van der Waals surface area contributed by atoms with Gasteiger partial charge in [-0.1, -0.05) is 66.7 Å². The van der Waals surface area contributed by atoms with E-state index < -0.39 is 35.6 Å². The van der Waals surface area contributed by atoms with Crippen LogP contribution in [0.3, 0.4) is 0 Å². The fourth-order valence-electron chi connectivity index (χ4n) is 3.60. The second-order valence-corrected chi connectivity index (χ2v) is 8.40. The van der Waals surface area contributed by atoms with Gasteiger partial charge in [-0.25, -0.2) is 4.79 Å². The molecule has 0 bridgehead atoms. The van der Waals surface area contributed by atoms with Crippen molar-refractivity contribution < 1.29 is 27.5 Å². The first-order chi connectivity index (χ1) is 15.3. The van der Waals surface area contributed by atoms with Crippen LogP contribution in [0, 0.1) is 0 Å². The van der Waals surface area contributed by atoms with Crippen molar-refractivity contribution in [2.24, 2.45) is 5.73 Å². The van der Waals surface area contributed by atoms with Crippen molar-refractivity contribution in [2.75, 3.05) is 5.75 Å². The molecule has 2 N–H and O–H groups in total. The van der Waals surface area contributed by atoms with Gasteiger partial charge in [0, 0.05) is 11.8 Å². The van der Waals surface area contributed by atoms with Gasteiger partial charge in [0.05, 0.1) is 0 Å². The molecule has 2 aliphatic rings. The Morgan fingerprint density at radius 1 is 1.09 bits per heavy atom. The number of rotatable bonds is 5. The van der Waals surface area contributed by atoms with E-state index in [1.807, 2.05) is 12.1 Å². The number of ether oxygens (including phenoxy) is 1. The average Bonchev–Trinajstić information content (AvgIpc) is 2.80. The molecule has 166 valence electrons. The highest BCUT2D eigenvalue weighted by Gasteiger charge is 2.52. The van der Waals surface area contributed by atoms with Gasteiger partial charge in [0.25, 0.3) is 0 Å². The van der Waals surface area contributed by atoms with E-state index in [-0.39, 0.29) is 23.1 Å². The Morgan fingerprint density at radius 3 is 2.19 bits per heavy atom. The lowest BCUT2D eigenvalue weighted by atomic mass is 10.0. The fourth-order valence-corrected chi connectivity index (χ4v) is 4.86. The van der Waals surface area contributed by atoms with Gasteiger partial charge in [0.15, 0.2) is 6.10 Å². The maximum absolute atomic E-state index is 13.3. The smallest absolute Gasteiger partial charge is 0.409 e. The first-order valence-electron chi connectivity index (χ1n) is 9.76. The number of allylic oxidation sites excluding steroid dienone is 2. The molecule has 0 spiro atoms. The number of hydrogen-bond donors (Lipinski definition) is 1. The van der Waals surface area contributed by atoms with E-state index in [0.29, 0.717) is 11.1 Å². The van der Waals surface area contributed by atoms with Gasteiger partial charge >= 0.3 is 12.1 Å². The maximum Gasteiger partial charge on any atom is 0.409 e. The van der Waals surface area contributed by atoms with E-state index >= 15 is 0 Å². The zero-order chi connectivity index (χ0) is 22.9. The summed E-state index contributed by atoms with van der Waals surface area (Å²) in [6, 6.07) is 17.1. The van der Waals surface area contributed by atoms with Crippen molar-refractivity contribution in [1.82, 2.24) is 4.90 Å². The molecular formula is C23H19F3N2O3S. The minimum atomic E-state index is -4.56. The van der Waals surface area contributed by atoms with Gasteiger partial charge in [0.1, 0.15) is 17.1 Å². The molecule has 1 amide bonds. The van der Waals surface area contributed by atoms with Gasteiger partial charge in [-0.15, -0.1) is 11.8 Å². The molecule has 1 fully saturated rings. The third-order valence-electron chi connectivity index (χ3n) is 5.14.